The summed E-state index contributed by atoms with van der Waals surface area (Å²) in [5.41, 5.74) is 8.36. The van der Waals surface area contributed by atoms with Gasteiger partial charge < -0.3 is 15.6 Å². The van der Waals surface area contributed by atoms with Crippen LogP contribution in [0.4, 0.5) is 5.69 Å². The minimum Gasteiger partial charge on any atom is -0.496 e. The van der Waals surface area contributed by atoms with E-state index in [9.17, 15) is 4.79 Å². The molecule has 0 atom stereocenters. The van der Waals surface area contributed by atoms with Crippen molar-refractivity contribution in [1.82, 2.24) is 0 Å². The lowest BCUT2D eigenvalue weighted by atomic mass is 10.1. The summed E-state index contributed by atoms with van der Waals surface area (Å²) in [6.07, 6.45) is 3.79. The molecular formula is C16H15NO3. The van der Waals surface area contributed by atoms with Gasteiger partial charge in [-0.15, -0.1) is 0 Å². The van der Waals surface area contributed by atoms with Crippen molar-refractivity contribution in [2.24, 2.45) is 0 Å². The highest BCUT2D eigenvalue weighted by Crippen LogP contribution is 2.22. The standard InChI is InChI=1S/C16H15NO3/c1-20-15-10-13(16(18)19)7-6-12(15)5-2-11-3-8-14(17)9-4-11/h2-10H,17H2,1H3,(H,18,19)/b5-2+. The number of hydrogen-bond acceptors (Lipinski definition) is 3. The molecule has 20 heavy (non-hydrogen) atoms. The lowest BCUT2D eigenvalue weighted by Gasteiger charge is -2.06. The van der Waals surface area contributed by atoms with Crippen LogP contribution in [0, 0.1) is 0 Å². The van der Waals surface area contributed by atoms with Crippen LogP contribution in [0.15, 0.2) is 42.5 Å². The third-order valence-corrected chi connectivity index (χ3v) is 2.87. The van der Waals surface area contributed by atoms with Crippen LogP contribution in [0.2, 0.25) is 0 Å². The summed E-state index contributed by atoms with van der Waals surface area (Å²) in [7, 11) is 1.52. The molecule has 0 amide bonds. The Balaban J connectivity index is 2.28. The van der Waals surface area contributed by atoms with Gasteiger partial charge in [-0.2, -0.15) is 0 Å². The van der Waals surface area contributed by atoms with Gasteiger partial charge >= 0.3 is 5.97 Å². The van der Waals surface area contributed by atoms with Crippen molar-refractivity contribution >= 4 is 23.8 Å². The van der Waals surface area contributed by atoms with Crippen LogP contribution >= 0.6 is 0 Å². The molecule has 0 unspecified atom stereocenters. The average Bonchev–Trinajstić information content (AvgIpc) is 2.46. The number of methoxy groups -OCH3 is 1. The maximum atomic E-state index is 10.9. The molecule has 4 nitrogen and oxygen atoms in total. The largest absolute Gasteiger partial charge is 0.496 e. The molecule has 0 saturated heterocycles. The molecule has 0 radical (unpaired) electrons. The molecule has 3 N–H and O–H groups in total. The number of anilines is 1. The third kappa shape index (κ3) is 3.17. The zero-order chi connectivity index (χ0) is 14.5. The predicted molar refractivity (Wildman–Crippen MR) is 79.7 cm³/mol. The van der Waals surface area contributed by atoms with E-state index in [1.807, 2.05) is 36.4 Å². The van der Waals surface area contributed by atoms with Crippen molar-refractivity contribution in [3.05, 3.63) is 59.2 Å². The fourth-order valence-corrected chi connectivity index (χ4v) is 1.77. The second kappa shape index (κ2) is 5.93. The Bertz CT molecular complexity index is 645. The number of aromatic carboxylic acids is 1. The molecule has 2 aromatic carbocycles. The zero-order valence-corrected chi connectivity index (χ0v) is 11.0. The van der Waals surface area contributed by atoms with Crippen molar-refractivity contribution in [2.45, 2.75) is 0 Å². The Hall–Kier alpha value is -2.75. The lowest BCUT2D eigenvalue weighted by molar-refractivity contribution is 0.0696. The molecule has 0 aromatic heterocycles. The number of nitrogens with two attached hydrogens (primary N) is 1. The average molecular weight is 269 g/mol. The number of carboxylic acid groups (broad SMARTS) is 1. The summed E-state index contributed by atoms with van der Waals surface area (Å²) in [5.74, 6) is -0.450. The Labute approximate surface area is 117 Å². The molecule has 0 heterocycles. The van der Waals surface area contributed by atoms with Crippen LogP contribution in [0.3, 0.4) is 0 Å². The molecule has 2 rings (SSSR count). The van der Waals surface area contributed by atoms with Crippen molar-refractivity contribution in [1.29, 1.82) is 0 Å². The van der Waals surface area contributed by atoms with Crippen molar-refractivity contribution < 1.29 is 14.6 Å². The molecule has 4 heteroatoms. The molecule has 102 valence electrons. The van der Waals surface area contributed by atoms with E-state index in [0.29, 0.717) is 11.4 Å². The van der Waals surface area contributed by atoms with Crippen LogP contribution in [0.25, 0.3) is 12.2 Å². The van der Waals surface area contributed by atoms with E-state index in [1.165, 1.54) is 13.2 Å². The van der Waals surface area contributed by atoms with E-state index in [2.05, 4.69) is 0 Å². The van der Waals surface area contributed by atoms with Crippen LogP contribution in [-0.4, -0.2) is 18.2 Å². The van der Waals surface area contributed by atoms with E-state index in [1.54, 1.807) is 12.1 Å². The summed E-state index contributed by atoms with van der Waals surface area (Å²) in [6.45, 7) is 0. The van der Waals surface area contributed by atoms with Gasteiger partial charge in [0.2, 0.25) is 0 Å². The number of nitrogen functional groups attached to an aromatic ring is 1. The second-order valence-electron chi connectivity index (χ2n) is 4.26. The Morgan fingerprint density at radius 2 is 1.85 bits per heavy atom. The summed E-state index contributed by atoms with van der Waals surface area (Å²) in [4.78, 5) is 10.9. The zero-order valence-electron chi connectivity index (χ0n) is 11.0. The Morgan fingerprint density at radius 1 is 1.15 bits per heavy atom. The summed E-state index contributed by atoms with van der Waals surface area (Å²) >= 11 is 0. The normalized spacial score (nSPS) is 10.7. The van der Waals surface area contributed by atoms with Crippen LogP contribution in [0.1, 0.15) is 21.5 Å². The number of benzene rings is 2. The lowest BCUT2D eigenvalue weighted by Crippen LogP contribution is -1.97. The molecule has 0 saturated carbocycles. The Morgan fingerprint density at radius 3 is 2.45 bits per heavy atom. The molecule has 0 aliphatic rings. The second-order valence-corrected chi connectivity index (χ2v) is 4.26. The van der Waals surface area contributed by atoms with Gasteiger partial charge in [0.05, 0.1) is 12.7 Å². The van der Waals surface area contributed by atoms with Crippen molar-refractivity contribution in [2.75, 3.05) is 12.8 Å². The van der Waals surface area contributed by atoms with Gasteiger partial charge in [-0.05, 0) is 29.8 Å². The van der Waals surface area contributed by atoms with Gasteiger partial charge in [0.25, 0.3) is 0 Å². The summed E-state index contributed by atoms with van der Waals surface area (Å²) in [5, 5.41) is 8.94. The maximum Gasteiger partial charge on any atom is 0.335 e. The van der Waals surface area contributed by atoms with Crippen molar-refractivity contribution in [3.63, 3.8) is 0 Å². The quantitative estimate of drug-likeness (QED) is 0.660. The van der Waals surface area contributed by atoms with Crippen LogP contribution < -0.4 is 10.5 Å². The molecular weight excluding hydrogens is 254 g/mol. The smallest absolute Gasteiger partial charge is 0.335 e. The van der Waals surface area contributed by atoms with E-state index in [-0.39, 0.29) is 5.56 Å². The molecule has 2 aromatic rings. The topological polar surface area (TPSA) is 72.5 Å². The number of ether oxygens (including phenoxy) is 1. The van der Waals surface area contributed by atoms with Gasteiger partial charge in [0.15, 0.2) is 0 Å². The van der Waals surface area contributed by atoms with Gasteiger partial charge in [-0.3, -0.25) is 0 Å². The third-order valence-electron chi connectivity index (χ3n) is 2.87. The fraction of sp³-hybridized carbons (Fsp3) is 0.0625. The highest BCUT2D eigenvalue weighted by Gasteiger charge is 2.06. The highest BCUT2D eigenvalue weighted by molar-refractivity contribution is 5.89. The van der Waals surface area contributed by atoms with Gasteiger partial charge in [-0.25, -0.2) is 4.79 Å². The van der Waals surface area contributed by atoms with Crippen LogP contribution in [-0.2, 0) is 0 Å². The van der Waals surface area contributed by atoms with E-state index >= 15 is 0 Å². The fourth-order valence-electron chi connectivity index (χ4n) is 1.77. The van der Waals surface area contributed by atoms with E-state index in [4.69, 9.17) is 15.6 Å². The van der Waals surface area contributed by atoms with Gasteiger partial charge in [0, 0.05) is 11.3 Å². The number of carboxylic acids is 1. The minimum absolute atomic E-state index is 0.200. The number of hydrogen-bond donors (Lipinski definition) is 2. The van der Waals surface area contributed by atoms with Crippen molar-refractivity contribution in [3.8, 4) is 5.75 Å². The SMILES string of the molecule is COc1cc(C(=O)O)ccc1/C=C/c1ccc(N)cc1. The summed E-state index contributed by atoms with van der Waals surface area (Å²) in [6, 6.07) is 12.2. The molecule has 0 bridgehead atoms. The predicted octanol–water partition coefficient (Wildman–Crippen LogP) is 3.15. The maximum absolute atomic E-state index is 10.9. The first kappa shape index (κ1) is 13.7. The van der Waals surface area contributed by atoms with Crippen LogP contribution in [0.5, 0.6) is 5.75 Å². The van der Waals surface area contributed by atoms with Gasteiger partial charge in [-0.1, -0.05) is 30.4 Å². The first-order chi connectivity index (χ1) is 9.60. The molecule has 0 fully saturated rings. The first-order valence-corrected chi connectivity index (χ1v) is 6.05. The Kier molecular flexibility index (Phi) is 4.05. The molecule has 0 spiro atoms. The minimum atomic E-state index is -0.975. The first-order valence-electron chi connectivity index (χ1n) is 6.05. The number of carbonyl (C=O) groups is 1. The van der Waals surface area contributed by atoms with E-state index < -0.39 is 5.97 Å². The highest BCUT2D eigenvalue weighted by atomic mass is 16.5. The number of rotatable bonds is 4. The van der Waals surface area contributed by atoms with E-state index in [0.717, 1.165) is 11.1 Å². The molecule has 0 aliphatic heterocycles. The monoisotopic (exact) mass is 269 g/mol. The summed E-state index contributed by atoms with van der Waals surface area (Å²) < 4.78 is 5.21. The molecule has 0 aliphatic carbocycles. The van der Waals surface area contributed by atoms with Gasteiger partial charge in [0.1, 0.15) is 5.75 Å².